The minimum Gasteiger partial charge on any atom is -0.460 e. The number of aromatic nitrogens is 3. The number of benzene rings is 3. The van der Waals surface area contributed by atoms with E-state index in [9.17, 15) is 13.6 Å². The van der Waals surface area contributed by atoms with Crippen LogP contribution in [0.3, 0.4) is 0 Å². The van der Waals surface area contributed by atoms with E-state index in [2.05, 4.69) is 15.4 Å². The Morgan fingerprint density at radius 2 is 1.71 bits per heavy atom. The molecule has 0 unspecified atom stereocenters. The maximum atomic E-state index is 13.9. The van der Waals surface area contributed by atoms with Crippen LogP contribution >= 0.6 is 0 Å². The van der Waals surface area contributed by atoms with E-state index in [4.69, 9.17) is 9.47 Å². The molecule has 0 bridgehead atoms. The molecule has 0 saturated carbocycles. The number of halogens is 2. The fraction of sp³-hybridized carbons (Fsp3) is 0.160. The van der Waals surface area contributed by atoms with Crippen LogP contribution in [0.25, 0.3) is 17.1 Å². The Kier molecular flexibility index (Phi) is 7.24. The zero-order chi connectivity index (χ0) is 23.9. The van der Waals surface area contributed by atoms with E-state index in [1.165, 1.54) is 35.0 Å². The molecule has 9 heteroatoms. The van der Waals surface area contributed by atoms with E-state index in [1.54, 1.807) is 36.4 Å². The highest BCUT2D eigenvalue weighted by molar-refractivity contribution is 6.04. The normalized spacial score (nSPS) is 10.8. The number of hydrogen-bond acceptors (Lipinski definition) is 5. The third-order valence-electron chi connectivity index (χ3n) is 4.79. The molecule has 7 nitrogen and oxygen atoms in total. The third-order valence-corrected chi connectivity index (χ3v) is 4.79. The van der Waals surface area contributed by atoms with Crippen LogP contribution in [0.4, 0.5) is 14.5 Å². The van der Waals surface area contributed by atoms with E-state index in [-0.39, 0.29) is 18.2 Å². The van der Waals surface area contributed by atoms with Gasteiger partial charge in [0, 0.05) is 23.4 Å². The van der Waals surface area contributed by atoms with Crippen molar-refractivity contribution in [3.63, 3.8) is 0 Å². The summed E-state index contributed by atoms with van der Waals surface area (Å²) in [6, 6.07) is 18.4. The Hall–Kier alpha value is -4.11. The van der Waals surface area contributed by atoms with Crippen LogP contribution in [-0.2, 0) is 4.74 Å². The quantitative estimate of drug-likeness (QED) is 0.357. The molecule has 0 aliphatic heterocycles. The van der Waals surface area contributed by atoms with Crippen molar-refractivity contribution >= 4 is 11.6 Å². The third kappa shape index (κ3) is 5.62. The first-order valence-electron chi connectivity index (χ1n) is 10.6. The van der Waals surface area contributed by atoms with Crippen molar-refractivity contribution < 1.29 is 23.0 Å². The molecule has 1 N–H and O–H groups in total. The summed E-state index contributed by atoms with van der Waals surface area (Å²) in [5, 5.41) is 7.13. The van der Waals surface area contributed by atoms with Crippen LogP contribution in [0.15, 0.2) is 72.8 Å². The number of hydrogen-bond donors (Lipinski definition) is 1. The largest absolute Gasteiger partial charge is 0.460 e. The van der Waals surface area contributed by atoms with Gasteiger partial charge in [0.25, 0.3) is 5.91 Å². The lowest BCUT2D eigenvalue weighted by molar-refractivity contribution is 0.102. The highest BCUT2D eigenvalue weighted by Crippen LogP contribution is 2.25. The SMILES string of the molecule is CCOCCOc1nc(-c2cccc(F)c2)n(-c2ccc(NC(=O)c3cccc(F)c3)cc2)n1. The number of carbonyl (C=O) groups is 1. The average Bonchev–Trinajstić information content (AvgIpc) is 3.26. The van der Waals surface area contributed by atoms with Gasteiger partial charge in [-0.25, -0.2) is 13.5 Å². The van der Waals surface area contributed by atoms with Crippen molar-refractivity contribution in [3.8, 4) is 23.1 Å². The average molecular weight is 464 g/mol. The second-order valence-corrected chi connectivity index (χ2v) is 7.20. The molecule has 0 atom stereocenters. The minimum absolute atomic E-state index is 0.127. The molecule has 0 spiro atoms. The fourth-order valence-electron chi connectivity index (χ4n) is 3.20. The molecule has 1 aromatic heterocycles. The lowest BCUT2D eigenvalue weighted by Crippen LogP contribution is -2.12. The number of nitrogens with one attached hydrogen (secondary N) is 1. The molecule has 1 heterocycles. The summed E-state index contributed by atoms with van der Waals surface area (Å²) in [6.07, 6.45) is 0. The Labute approximate surface area is 195 Å². The first-order valence-corrected chi connectivity index (χ1v) is 10.6. The van der Waals surface area contributed by atoms with Crippen molar-refractivity contribution in [1.82, 2.24) is 14.8 Å². The minimum atomic E-state index is -0.488. The Morgan fingerprint density at radius 1 is 0.971 bits per heavy atom. The molecule has 34 heavy (non-hydrogen) atoms. The van der Waals surface area contributed by atoms with Gasteiger partial charge in [-0.05, 0) is 61.5 Å². The van der Waals surface area contributed by atoms with Gasteiger partial charge in [0.2, 0.25) is 0 Å². The summed E-state index contributed by atoms with van der Waals surface area (Å²) in [5.41, 5.74) is 1.87. The van der Waals surface area contributed by atoms with E-state index in [0.29, 0.717) is 36.0 Å². The van der Waals surface area contributed by atoms with Crippen LogP contribution < -0.4 is 10.1 Å². The van der Waals surface area contributed by atoms with Gasteiger partial charge in [-0.15, -0.1) is 5.10 Å². The standard InChI is InChI=1S/C25H22F2N4O3/c1-2-33-13-14-34-25-29-23(17-5-3-7-19(26)15-17)31(30-25)22-11-9-21(10-12-22)28-24(32)18-6-4-8-20(27)16-18/h3-12,15-16H,2,13-14H2,1H3,(H,28,32). The molecule has 174 valence electrons. The molecule has 0 saturated heterocycles. The second kappa shape index (κ2) is 10.7. The van der Waals surface area contributed by atoms with Gasteiger partial charge in [0.15, 0.2) is 5.82 Å². The Bertz CT molecular complexity index is 1280. The molecule has 3 aromatic carbocycles. The van der Waals surface area contributed by atoms with Crippen molar-refractivity contribution in [2.24, 2.45) is 0 Å². The monoisotopic (exact) mass is 464 g/mol. The first-order chi connectivity index (χ1) is 16.5. The highest BCUT2D eigenvalue weighted by atomic mass is 19.1. The lowest BCUT2D eigenvalue weighted by atomic mass is 10.2. The second-order valence-electron chi connectivity index (χ2n) is 7.20. The maximum Gasteiger partial charge on any atom is 0.336 e. The number of carbonyl (C=O) groups excluding carboxylic acids is 1. The summed E-state index contributed by atoms with van der Waals surface area (Å²) in [4.78, 5) is 16.8. The molecule has 0 radical (unpaired) electrons. The van der Waals surface area contributed by atoms with Gasteiger partial charge in [0.1, 0.15) is 18.2 Å². The van der Waals surface area contributed by atoms with Crippen LogP contribution in [0.2, 0.25) is 0 Å². The van der Waals surface area contributed by atoms with Gasteiger partial charge in [-0.3, -0.25) is 4.79 Å². The maximum absolute atomic E-state index is 13.9. The van der Waals surface area contributed by atoms with Crippen molar-refractivity contribution in [2.75, 3.05) is 25.1 Å². The zero-order valence-electron chi connectivity index (χ0n) is 18.4. The van der Waals surface area contributed by atoms with Crippen molar-refractivity contribution in [2.45, 2.75) is 6.92 Å². The molecule has 0 aliphatic carbocycles. The molecule has 0 aliphatic rings. The molecule has 4 rings (SSSR count). The molecule has 0 fully saturated rings. The van der Waals surface area contributed by atoms with Crippen molar-refractivity contribution in [3.05, 3.63) is 90.0 Å². The number of amides is 1. The first kappa shape index (κ1) is 23.1. The number of rotatable bonds is 9. The van der Waals surface area contributed by atoms with Gasteiger partial charge >= 0.3 is 6.01 Å². The summed E-state index contributed by atoms with van der Waals surface area (Å²) >= 11 is 0. The zero-order valence-corrected chi connectivity index (χ0v) is 18.4. The summed E-state index contributed by atoms with van der Waals surface area (Å²) in [7, 11) is 0. The number of ether oxygens (including phenoxy) is 2. The fourth-order valence-corrected chi connectivity index (χ4v) is 3.20. The Balaban J connectivity index is 1.58. The summed E-state index contributed by atoms with van der Waals surface area (Å²) in [5.74, 6) is -0.930. The van der Waals surface area contributed by atoms with Gasteiger partial charge in [-0.1, -0.05) is 18.2 Å². The van der Waals surface area contributed by atoms with E-state index in [0.717, 1.165) is 6.07 Å². The molecular weight excluding hydrogens is 442 g/mol. The number of anilines is 1. The van der Waals surface area contributed by atoms with Gasteiger partial charge in [0.05, 0.1) is 12.3 Å². The number of nitrogens with zero attached hydrogens (tertiary/aromatic N) is 3. The van der Waals surface area contributed by atoms with E-state index in [1.807, 2.05) is 6.92 Å². The summed E-state index contributed by atoms with van der Waals surface area (Å²) < 4.78 is 39.6. The lowest BCUT2D eigenvalue weighted by Gasteiger charge is -2.09. The molecule has 1 amide bonds. The van der Waals surface area contributed by atoms with Crippen LogP contribution in [0.5, 0.6) is 6.01 Å². The van der Waals surface area contributed by atoms with Gasteiger partial charge < -0.3 is 14.8 Å². The van der Waals surface area contributed by atoms with Crippen LogP contribution in [0, 0.1) is 11.6 Å². The predicted octanol–water partition coefficient (Wildman–Crippen LogP) is 4.88. The topological polar surface area (TPSA) is 78.3 Å². The van der Waals surface area contributed by atoms with Crippen LogP contribution in [-0.4, -0.2) is 40.5 Å². The summed E-state index contributed by atoms with van der Waals surface area (Å²) in [6.45, 7) is 3.12. The highest BCUT2D eigenvalue weighted by Gasteiger charge is 2.16. The predicted molar refractivity (Wildman–Crippen MR) is 123 cm³/mol. The van der Waals surface area contributed by atoms with E-state index < -0.39 is 17.5 Å². The molecular formula is C25H22F2N4O3. The van der Waals surface area contributed by atoms with Crippen molar-refractivity contribution in [1.29, 1.82) is 0 Å². The molecule has 4 aromatic rings. The smallest absolute Gasteiger partial charge is 0.336 e. The Morgan fingerprint density at radius 3 is 2.41 bits per heavy atom. The van der Waals surface area contributed by atoms with Crippen LogP contribution in [0.1, 0.15) is 17.3 Å². The van der Waals surface area contributed by atoms with Gasteiger partial charge in [-0.2, -0.15) is 4.98 Å². The van der Waals surface area contributed by atoms with E-state index >= 15 is 0 Å².